The Kier molecular flexibility index (Phi) is 4.60. The maximum absolute atomic E-state index is 13.8. The number of nitrogens with one attached hydrogen (secondary N) is 2. The molecule has 0 aliphatic carbocycles. The molecule has 1 aromatic carbocycles. The Hall–Kier alpha value is -1.20. The molecule has 2 N–H and O–H groups in total. The van der Waals surface area contributed by atoms with E-state index >= 15 is 0 Å². The Bertz CT molecular complexity index is 587. The van der Waals surface area contributed by atoms with Crippen LogP contribution in [0.3, 0.4) is 0 Å². The zero-order valence-electron chi connectivity index (χ0n) is 11.9. The minimum absolute atomic E-state index is 0.0891. The standard InChI is InChI=1S/C15H19BrFN3/c1-15(2,3)19-7-6-14-18-9-13(20-14)11-8-10(16)4-5-12(11)17/h4-5,8-9,19H,6-7H2,1-3H3,(H,18,20). The van der Waals surface area contributed by atoms with Gasteiger partial charge < -0.3 is 10.3 Å². The first kappa shape index (κ1) is 15.2. The van der Waals surface area contributed by atoms with Gasteiger partial charge in [0.1, 0.15) is 11.6 Å². The fourth-order valence-electron chi connectivity index (χ4n) is 1.89. The van der Waals surface area contributed by atoms with Crippen molar-refractivity contribution in [2.24, 2.45) is 0 Å². The molecule has 0 aliphatic heterocycles. The van der Waals surface area contributed by atoms with Crippen LogP contribution < -0.4 is 5.32 Å². The number of hydrogen-bond donors (Lipinski definition) is 2. The second-order valence-electron chi connectivity index (χ2n) is 5.79. The van der Waals surface area contributed by atoms with E-state index < -0.39 is 0 Å². The van der Waals surface area contributed by atoms with Crippen LogP contribution in [0, 0.1) is 5.82 Å². The van der Waals surface area contributed by atoms with Crippen molar-refractivity contribution in [3.63, 3.8) is 0 Å². The highest BCUT2D eigenvalue weighted by atomic mass is 79.9. The van der Waals surface area contributed by atoms with Crippen LogP contribution >= 0.6 is 15.9 Å². The molecular formula is C15H19BrFN3. The number of aromatic nitrogens is 2. The summed E-state index contributed by atoms with van der Waals surface area (Å²) >= 11 is 3.35. The zero-order chi connectivity index (χ0) is 14.8. The molecule has 20 heavy (non-hydrogen) atoms. The summed E-state index contributed by atoms with van der Waals surface area (Å²) in [4.78, 5) is 7.48. The van der Waals surface area contributed by atoms with E-state index in [0.717, 1.165) is 23.3 Å². The summed E-state index contributed by atoms with van der Waals surface area (Å²) in [5.74, 6) is 0.604. The molecule has 0 unspecified atom stereocenters. The lowest BCUT2D eigenvalue weighted by atomic mass is 10.1. The van der Waals surface area contributed by atoms with Crippen LogP contribution in [0.25, 0.3) is 11.3 Å². The van der Waals surface area contributed by atoms with Gasteiger partial charge in [-0.2, -0.15) is 0 Å². The van der Waals surface area contributed by atoms with Crippen LogP contribution in [0.5, 0.6) is 0 Å². The highest BCUT2D eigenvalue weighted by molar-refractivity contribution is 9.10. The molecule has 0 amide bonds. The summed E-state index contributed by atoms with van der Waals surface area (Å²) in [5, 5.41) is 3.40. The van der Waals surface area contributed by atoms with Crippen molar-refractivity contribution in [2.45, 2.75) is 32.7 Å². The molecule has 3 nitrogen and oxygen atoms in total. The molecular weight excluding hydrogens is 321 g/mol. The average Bonchev–Trinajstić information content (AvgIpc) is 2.79. The lowest BCUT2D eigenvalue weighted by molar-refractivity contribution is 0.427. The predicted octanol–water partition coefficient (Wildman–Crippen LogP) is 3.91. The van der Waals surface area contributed by atoms with Crippen molar-refractivity contribution in [2.75, 3.05) is 6.54 Å². The fraction of sp³-hybridized carbons (Fsp3) is 0.400. The number of nitrogens with zero attached hydrogens (tertiary/aromatic N) is 1. The van der Waals surface area contributed by atoms with E-state index in [4.69, 9.17) is 0 Å². The molecule has 0 spiro atoms. The first-order chi connectivity index (χ1) is 9.35. The third-order valence-corrected chi connectivity index (χ3v) is 3.36. The number of rotatable bonds is 4. The number of benzene rings is 1. The van der Waals surface area contributed by atoms with E-state index in [2.05, 4.69) is 52.0 Å². The van der Waals surface area contributed by atoms with E-state index in [1.165, 1.54) is 6.07 Å². The van der Waals surface area contributed by atoms with Gasteiger partial charge in [-0.25, -0.2) is 9.37 Å². The van der Waals surface area contributed by atoms with Crippen molar-refractivity contribution in [3.8, 4) is 11.3 Å². The van der Waals surface area contributed by atoms with Crippen molar-refractivity contribution in [3.05, 3.63) is 40.5 Å². The van der Waals surface area contributed by atoms with Crippen molar-refractivity contribution in [1.82, 2.24) is 15.3 Å². The summed E-state index contributed by atoms with van der Waals surface area (Å²) in [6.07, 6.45) is 2.46. The smallest absolute Gasteiger partial charge is 0.132 e. The largest absolute Gasteiger partial charge is 0.342 e. The van der Waals surface area contributed by atoms with Crippen molar-refractivity contribution < 1.29 is 4.39 Å². The van der Waals surface area contributed by atoms with Gasteiger partial charge in [0, 0.05) is 28.5 Å². The highest BCUT2D eigenvalue weighted by Gasteiger charge is 2.11. The van der Waals surface area contributed by atoms with Gasteiger partial charge >= 0.3 is 0 Å². The molecule has 0 saturated heterocycles. The second-order valence-corrected chi connectivity index (χ2v) is 6.71. The first-order valence-corrected chi connectivity index (χ1v) is 7.39. The molecule has 0 radical (unpaired) electrons. The SMILES string of the molecule is CC(C)(C)NCCc1ncc(-c2cc(Br)ccc2F)[nH]1. The first-order valence-electron chi connectivity index (χ1n) is 6.59. The van der Waals surface area contributed by atoms with Crippen LogP contribution in [0.1, 0.15) is 26.6 Å². The number of imidazole rings is 1. The molecule has 2 rings (SSSR count). The number of hydrogen-bond acceptors (Lipinski definition) is 2. The minimum Gasteiger partial charge on any atom is -0.342 e. The lowest BCUT2D eigenvalue weighted by Gasteiger charge is -2.19. The molecule has 108 valence electrons. The summed E-state index contributed by atoms with van der Waals surface area (Å²) in [6.45, 7) is 7.20. The number of aromatic amines is 1. The van der Waals surface area contributed by atoms with Gasteiger partial charge in [0.2, 0.25) is 0 Å². The van der Waals surface area contributed by atoms with Crippen LogP contribution in [-0.4, -0.2) is 22.1 Å². The van der Waals surface area contributed by atoms with Crippen LogP contribution in [-0.2, 0) is 6.42 Å². The Balaban J connectivity index is 2.07. The summed E-state index contributed by atoms with van der Waals surface area (Å²) in [7, 11) is 0. The van der Waals surface area contributed by atoms with Crippen molar-refractivity contribution in [1.29, 1.82) is 0 Å². The minimum atomic E-state index is -0.254. The molecule has 1 heterocycles. The summed E-state index contributed by atoms with van der Waals surface area (Å²) in [6, 6.07) is 4.88. The molecule has 5 heteroatoms. The molecule has 0 fully saturated rings. The van der Waals surface area contributed by atoms with Crippen molar-refractivity contribution >= 4 is 15.9 Å². The van der Waals surface area contributed by atoms with E-state index in [9.17, 15) is 4.39 Å². The monoisotopic (exact) mass is 339 g/mol. The maximum atomic E-state index is 13.8. The average molecular weight is 340 g/mol. The number of halogens is 2. The van der Waals surface area contributed by atoms with E-state index in [-0.39, 0.29) is 11.4 Å². The Morgan fingerprint density at radius 1 is 1.35 bits per heavy atom. The quantitative estimate of drug-likeness (QED) is 0.886. The van der Waals surface area contributed by atoms with E-state index in [0.29, 0.717) is 11.3 Å². The molecule has 0 atom stereocenters. The van der Waals surface area contributed by atoms with Gasteiger partial charge in [0.25, 0.3) is 0 Å². The van der Waals surface area contributed by atoms with Gasteiger partial charge in [-0.3, -0.25) is 0 Å². The Labute approximate surface area is 127 Å². The van der Waals surface area contributed by atoms with Crippen LogP contribution in [0.15, 0.2) is 28.9 Å². The second kappa shape index (κ2) is 6.06. The molecule has 1 aromatic heterocycles. The third-order valence-electron chi connectivity index (χ3n) is 2.86. The zero-order valence-corrected chi connectivity index (χ0v) is 13.5. The molecule has 2 aromatic rings. The normalized spacial score (nSPS) is 11.8. The molecule has 0 bridgehead atoms. The van der Waals surface area contributed by atoms with Gasteiger partial charge in [-0.05, 0) is 39.0 Å². The van der Waals surface area contributed by atoms with Gasteiger partial charge in [0.05, 0.1) is 11.9 Å². The summed E-state index contributed by atoms with van der Waals surface area (Å²) < 4.78 is 14.6. The highest BCUT2D eigenvalue weighted by Crippen LogP contribution is 2.24. The van der Waals surface area contributed by atoms with Gasteiger partial charge in [0.15, 0.2) is 0 Å². The van der Waals surface area contributed by atoms with Crippen LogP contribution in [0.2, 0.25) is 0 Å². The lowest BCUT2D eigenvalue weighted by Crippen LogP contribution is -2.37. The topological polar surface area (TPSA) is 40.7 Å². The maximum Gasteiger partial charge on any atom is 0.132 e. The summed E-state index contributed by atoms with van der Waals surface area (Å²) in [5.41, 5.74) is 1.32. The molecule has 0 aliphatic rings. The third kappa shape index (κ3) is 4.15. The molecule has 0 saturated carbocycles. The van der Waals surface area contributed by atoms with E-state index in [1.807, 2.05) is 0 Å². The Morgan fingerprint density at radius 3 is 2.80 bits per heavy atom. The number of H-pyrrole nitrogens is 1. The fourth-order valence-corrected chi connectivity index (χ4v) is 2.25. The Morgan fingerprint density at radius 2 is 2.10 bits per heavy atom. The van der Waals surface area contributed by atoms with Crippen LogP contribution in [0.4, 0.5) is 4.39 Å². The van der Waals surface area contributed by atoms with E-state index in [1.54, 1.807) is 18.3 Å². The van der Waals surface area contributed by atoms with Gasteiger partial charge in [-0.1, -0.05) is 15.9 Å². The van der Waals surface area contributed by atoms with Gasteiger partial charge in [-0.15, -0.1) is 0 Å². The predicted molar refractivity (Wildman–Crippen MR) is 83.1 cm³/mol.